The zero-order valence-corrected chi connectivity index (χ0v) is 10.9. The van der Waals surface area contributed by atoms with Gasteiger partial charge in [0.15, 0.2) is 0 Å². The molecule has 5 heteroatoms. The molecule has 1 heterocycles. The summed E-state index contributed by atoms with van der Waals surface area (Å²) in [6.07, 6.45) is 1.25. The van der Waals surface area contributed by atoms with Gasteiger partial charge in [0.1, 0.15) is 6.26 Å². The number of oxazole rings is 1. The zero-order valence-electron chi connectivity index (χ0n) is 10.1. The van der Waals surface area contributed by atoms with E-state index in [1.54, 1.807) is 6.26 Å². The molecule has 0 amide bonds. The van der Waals surface area contributed by atoms with E-state index in [0.29, 0.717) is 23.4 Å². The molecule has 0 saturated carbocycles. The number of aliphatic hydroxyl groups excluding tert-OH is 1. The highest BCUT2D eigenvalue weighted by Crippen LogP contribution is 2.17. The molecule has 0 bridgehead atoms. The molecule has 0 saturated heterocycles. The quantitative estimate of drug-likeness (QED) is 0.715. The summed E-state index contributed by atoms with van der Waals surface area (Å²) in [4.78, 5) is 4.16. The van der Waals surface area contributed by atoms with Crippen molar-refractivity contribution in [2.75, 3.05) is 18.8 Å². The fourth-order valence-corrected chi connectivity index (χ4v) is 1.94. The van der Waals surface area contributed by atoms with Gasteiger partial charge in [-0.15, -0.1) is 0 Å². The summed E-state index contributed by atoms with van der Waals surface area (Å²) < 4.78 is 5.18. The van der Waals surface area contributed by atoms with Gasteiger partial charge in [-0.2, -0.15) is 0 Å². The molecule has 1 rings (SSSR count). The standard InChI is InChI=1S/C11H20N2O2S/c1-8(2)4-12-5-10(14)7-16-11-13-9(3)6-15-11/h6,8,10,12,14H,4-5,7H2,1-3H3. The Balaban J connectivity index is 2.12. The summed E-state index contributed by atoms with van der Waals surface area (Å²) >= 11 is 1.44. The normalized spacial score (nSPS) is 13.3. The molecule has 1 aromatic rings. The van der Waals surface area contributed by atoms with Gasteiger partial charge >= 0.3 is 0 Å². The maximum atomic E-state index is 9.68. The van der Waals surface area contributed by atoms with E-state index in [1.807, 2.05) is 6.92 Å². The number of aryl methyl sites for hydroxylation is 1. The van der Waals surface area contributed by atoms with E-state index in [-0.39, 0.29) is 6.10 Å². The molecular weight excluding hydrogens is 224 g/mol. The third-order valence-corrected chi connectivity index (χ3v) is 2.92. The molecule has 92 valence electrons. The molecule has 1 aromatic heterocycles. The first-order valence-electron chi connectivity index (χ1n) is 5.51. The number of rotatable bonds is 7. The van der Waals surface area contributed by atoms with E-state index in [9.17, 15) is 5.11 Å². The Hall–Kier alpha value is -0.520. The minimum atomic E-state index is -0.365. The molecule has 0 aromatic carbocycles. The highest BCUT2D eigenvalue weighted by Gasteiger charge is 2.08. The molecule has 16 heavy (non-hydrogen) atoms. The number of thioether (sulfide) groups is 1. The van der Waals surface area contributed by atoms with Crippen LogP contribution < -0.4 is 5.32 Å². The lowest BCUT2D eigenvalue weighted by Crippen LogP contribution is -2.30. The average molecular weight is 244 g/mol. The predicted molar refractivity (Wildman–Crippen MR) is 65.7 cm³/mol. The van der Waals surface area contributed by atoms with Crippen LogP contribution in [-0.4, -0.2) is 35.0 Å². The molecule has 0 radical (unpaired) electrons. The SMILES string of the molecule is Cc1coc(SCC(O)CNCC(C)C)n1. The van der Waals surface area contributed by atoms with Crippen LogP contribution in [0, 0.1) is 12.8 Å². The van der Waals surface area contributed by atoms with E-state index < -0.39 is 0 Å². The van der Waals surface area contributed by atoms with E-state index in [1.165, 1.54) is 11.8 Å². The highest BCUT2D eigenvalue weighted by molar-refractivity contribution is 7.99. The van der Waals surface area contributed by atoms with Crippen molar-refractivity contribution in [2.45, 2.75) is 32.1 Å². The largest absolute Gasteiger partial charge is 0.440 e. The second-order valence-corrected chi connectivity index (χ2v) is 5.24. The molecule has 0 aliphatic rings. The Morgan fingerprint density at radius 3 is 2.81 bits per heavy atom. The third-order valence-electron chi connectivity index (χ3n) is 1.93. The summed E-state index contributed by atoms with van der Waals surface area (Å²) in [5, 5.41) is 13.5. The van der Waals surface area contributed by atoms with Crippen LogP contribution in [0.2, 0.25) is 0 Å². The van der Waals surface area contributed by atoms with Crippen LogP contribution in [0.3, 0.4) is 0 Å². The average Bonchev–Trinajstić information content (AvgIpc) is 2.61. The van der Waals surface area contributed by atoms with Gasteiger partial charge in [0, 0.05) is 12.3 Å². The van der Waals surface area contributed by atoms with Crippen molar-refractivity contribution in [3.63, 3.8) is 0 Å². The lowest BCUT2D eigenvalue weighted by atomic mass is 10.2. The maximum absolute atomic E-state index is 9.68. The smallest absolute Gasteiger partial charge is 0.255 e. The minimum absolute atomic E-state index is 0.365. The minimum Gasteiger partial charge on any atom is -0.440 e. The molecule has 0 aliphatic heterocycles. The van der Waals surface area contributed by atoms with Crippen LogP contribution >= 0.6 is 11.8 Å². The van der Waals surface area contributed by atoms with Gasteiger partial charge in [-0.1, -0.05) is 25.6 Å². The summed E-state index contributed by atoms with van der Waals surface area (Å²) in [6, 6.07) is 0. The van der Waals surface area contributed by atoms with Gasteiger partial charge in [-0.25, -0.2) is 4.98 Å². The number of nitrogens with one attached hydrogen (secondary N) is 1. The second kappa shape index (κ2) is 6.93. The third kappa shape index (κ3) is 5.53. The maximum Gasteiger partial charge on any atom is 0.255 e. The Morgan fingerprint density at radius 1 is 1.50 bits per heavy atom. The Bertz CT molecular complexity index is 302. The van der Waals surface area contributed by atoms with Gasteiger partial charge in [-0.05, 0) is 19.4 Å². The first-order chi connectivity index (χ1) is 7.58. The summed E-state index contributed by atoms with van der Waals surface area (Å²) in [6.45, 7) is 7.71. The Labute approximate surface area is 101 Å². The topological polar surface area (TPSA) is 58.3 Å². The van der Waals surface area contributed by atoms with E-state index in [2.05, 4.69) is 24.1 Å². The van der Waals surface area contributed by atoms with Crippen molar-refractivity contribution < 1.29 is 9.52 Å². The van der Waals surface area contributed by atoms with Crippen molar-refractivity contribution in [1.29, 1.82) is 0 Å². The number of hydrogen-bond donors (Lipinski definition) is 2. The molecule has 0 aliphatic carbocycles. The lowest BCUT2D eigenvalue weighted by Gasteiger charge is -2.11. The van der Waals surface area contributed by atoms with Crippen LogP contribution in [0.4, 0.5) is 0 Å². The van der Waals surface area contributed by atoms with Crippen LogP contribution in [0.15, 0.2) is 15.9 Å². The van der Waals surface area contributed by atoms with Crippen molar-refractivity contribution in [3.8, 4) is 0 Å². The number of aliphatic hydroxyl groups is 1. The molecular formula is C11H20N2O2S. The first-order valence-corrected chi connectivity index (χ1v) is 6.50. The number of hydrogen-bond acceptors (Lipinski definition) is 5. The van der Waals surface area contributed by atoms with Gasteiger partial charge in [-0.3, -0.25) is 0 Å². The summed E-state index contributed by atoms with van der Waals surface area (Å²) in [5.41, 5.74) is 0.870. The molecule has 1 unspecified atom stereocenters. The number of aromatic nitrogens is 1. The van der Waals surface area contributed by atoms with Gasteiger partial charge in [0.25, 0.3) is 5.22 Å². The van der Waals surface area contributed by atoms with Crippen molar-refractivity contribution in [1.82, 2.24) is 10.3 Å². The van der Waals surface area contributed by atoms with Crippen LogP contribution in [0.1, 0.15) is 19.5 Å². The predicted octanol–water partition coefficient (Wildman–Crippen LogP) is 1.68. The molecule has 0 fully saturated rings. The van der Waals surface area contributed by atoms with Crippen LogP contribution in [0.5, 0.6) is 0 Å². The van der Waals surface area contributed by atoms with Gasteiger partial charge in [0.05, 0.1) is 11.8 Å². The highest BCUT2D eigenvalue weighted by atomic mass is 32.2. The monoisotopic (exact) mass is 244 g/mol. The fraction of sp³-hybridized carbons (Fsp3) is 0.727. The molecule has 4 nitrogen and oxygen atoms in total. The molecule has 2 N–H and O–H groups in total. The van der Waals surface area contributed by atoms with Crippen LogP contribution in [-0.2, 0) is 0 Å². The Kier molecular flexibility index (Phi) is 5.87. The number of nitrogens with zero attached hydrogens (tertiary/aromatic N) is 1. The summed E-state index contributed by atoms with van der Waals surface area (Å²) in [5.74, 6) is 1.21. The molecule has 0 spiro atoms. The second-order valence-electron chi connectivity index (χ2n) is 4.27. The zero-order chi connectivity index (χ0) is 12.0. The van der Waals surface area contributed by atoms with E-state index in [0.717, 1.165) is 12.2 Å². The van der Waals surface area contributed by atoms with Gasteiger partial charge in [0.2, 0.25) is 0 Å². The molecule has 1 atom stereocenters. The van der Waals surface area contributed by atoms with E-state index >= 15 is 0 Å². The van der Waals surface area contributed by atoms with E-state index in [4.69, 9.17) is 4.42 Å². The fourth-order valence-electron chi connectivity index (χ4n) is 1.16. The van der Waals surface area contributed by atoms with Crippen molar-refractivity contribution in [2.24, 2.45) is 5.92 Å². The van der Waals surface area contributed by atoms with Crippen molar-refractivity contribution in [3.05, 3.63) is 12.0 Å². The summed E-state index contributed by atoms with van der Waals surface area (Å²) in [7, 11) is 0. The van der Waals surface area contributed by atoms with Crippen molar-refractivity contribution >= 4 is 11.8 Å². The van der Waals surface area contributed by atoms with Crippen LogP contribution in [0.25, 0.3) is 0 Å². The van der Waals surface area contributed by atoms with Gasteiger partial charge < -0.3 is 14.8 Å². The Morgan fingerprint density at radius 2 is 2.25 bits per heavy atom. The first kappa shape index (κ1) is 13.5. The lowest BCUT2D eigenvalue weighted by molar-refractivity contribution is 0.194.